The third kappa shape index (κ3) is 4.10. The van der Waals surface area contributed by atoms with E-state index in [1.807, 2.05) is 19.9 Å². The van der Waals surface area contributed by atoms with Crippen molar-refractivity contribution in [3.8, 4) is 0 Å². The van der Waals surface area contributed by atoms with E-state index in [4.69, 9.17) is 4.42 Å². The lowest BCUT2D eigenvalue weighted by Gasteiger charge is -2.07. The summed E-state index contributed by atoms with van der Waals surface area (Å²) in [7, 11) is 0. The first-order valence-corrected chi connectivity index (χ1v) is 7.15. The van der Waals surface area contributed by atoms with Crippen LogP contribution in [-0.2, 0) is 11.3 Å². The Balaban J connectivity index is 1.61. The van der Waals surface area contributed by atoms with Gasteiger partial charge in [0.1, 0.15) is 11.5 Å². The maximum Gasteiger partial charge on any atom is 0.222 e. The van der Waals surface area contributed by atoms with Gasteiger partial charge in [0, 0.05) is 24.9 Å². The molecular weight excluding hydrogens is 240 g/mol. The van der Waals surface area contributed by atoms with Crippen molar-refractivity contribution in [2.75, 3.05) is 13.1 Å². The van der Waals surface area contributed by atoms with Crippen LogP contribution in [0.2, 0.25) is 0 Å². The minimum absolute atomic E-state index is 0.0492. The fourth-order valence-electron chi connectivity index (χ4n) is 2.10. The molecule has 1 aromatic rings. The third-order valence-corrected chi connectivity index (χ3v) is 3.58. The summed E-state index contributed by atoms with van der Waals surface area (Å²) < 4.78 is 5.79. The largest absolute Gasteiger partial charge is 0.464 e. The van der Waals surface area contributed by atoms with Gasteiger partial charge in [-0.15, -0.1) is 0 Å². The first-order chi connectivity index (χ1) is 9.08. The topological polar surface area (TPSA) is 54.3 Å². The van der Waals surface area contributed by atoms with Crippen molar-refractivity contribution in [1.82, 2.24) is 10.6 Å². The average molecular weight is 264 g/mol. The Bertz CT molecular complexity index is 426. The van der Waals surface area contributed by atoms with Crippen LogP contribution in [0.4, 0.5) is 0 Å². The van der Waals surface area contributed by atoms with Crippen LogP contribution in [0, 0.1) is 11.8 Å². The summed E-state index contributed by atoms with van der Waals surface area (Å²) in [6.07, 6.45) is 1.25. The fraction of sp³-hybridized carbons (Fsp3) is 0.667. The highest BCUT2D eigenvalue weighted by molar-refractivity contribution is 5.77. The van der Waals surface area contributed by atoms with Crippen molar-refractivity contribution in [3.63, 3.8) is 0 Å². The highest BCUT2D eigenvalue weighted by Gasteiger charge is 2.36. The van der Waals surface area contributed by atoms with Crippen LogP contribution in [0.5, 0.6) is 0 Å². The molecule has 2 atom stereocenters. The number of furan rings is 1. The molecule has 19 heavy (non-hydrogen) atoms. The van der Waals surface area contributed by atoms with Crippen LogP contribution in [0.3, 0.4) is 0 Å². The molecule has 4 heteroatoms. The van der Waals surface area contributed by atoms with E-state index in [1.165, 1.54) is 6.42 Å². The molecule has 2 rings (SSSR count). The molecule has 1 heterocycles. The standard InChI is InChI=1S/C15H24N2O2/c1-10(2)15(18)17-7-6-16-9-12-4-5-14(19-12)13-8-11(13)3/h4-5,10-11,13,16H,6-9H2,1-3H3,(H,17,18). The summed E-state index contributed by atoms with van der Waals surface area (Å²) in [5.74, 6) is 3.66. The number of carbonyl (C=O) groups excluding carboxylic acids is 1. The van der Waals surface area contributed by atoms with E-state index in [-0.39, 0.29) is 11.8 Å². The highest BCUT2D eigenvalue weighted by Crippen LogP contribution is 2.47. The van der Waals surface area contributed by atoms with E-state index in [2.05, 4.69) is 23.6 Å². The Labute approximate surface area is 114 Å². The summed E-state index contributed by atoms with van der Waals surface area (Å²) in [5.41, 5.74) is 0. The molecular formula is C15H24N2O2. The number of carbonyl (C=O) groups is 1. The zero-order valence-corrected chi connectivity index (χ0v) is 12.0. The monoisotopic (exact) mass is 264 g/mol. The Hall–Kier alpha value is -1.29. The predicted molar refractivity (Wildman–Crippen MR) is 74.8 cm³/mol. The molecule has 4 nitrogen and oxygen atoms in total. The summed E-state index contributed by atoms with van der Waals surface area (Å²) in [4.78, 5) is 11.3. The van der Waals surface area contributed by atoms with Gasteiger partial charge in [0.2, 0.25) is 5.91 Å². The lowest BCUT2D eigenvalue weighted by molar-refractivity contribution is -0.123. The maximum absolute atomic E-state index is 11.3. The molecule has 106 valence electrons. The molecule has 0 aromatic carbocycles. The Morgan fingerprint density at radius 3 is 2.79 bits per heavy atom. The van der Waals surface area contributed by atoms with E-state index in [1.54, 1.807) is 0 Å². The third-order valence-electron chi connectivity index (χ3n) is 3.58. The molecule has 1 aliphatic rings. The molecule has 0 saturated heterocycles. The van der Waals surface area contributed by atoms with Gasteiger partial charge >= 0.3 is 0 Å². The molecule has 1 amide bonds. The van der Waals surface area contributed by atoms with Crippen molar-refractivity contribution in [3.05, 3.63) is 23.7 Å². The van der Waals surface area contributed by atoms with Gasteiger partial charge < -0.3 is 15.1 Å². The van der Waals surface area contributed by atoms with E-state index in [0.29, 0.717) is 12.5 Å². The van der Waals surface area contributed by atoms with Crippen LogP contribution < -0.4 is 10.6 Å². The molecule has 2 N–H and O–H groups in total. The lowest BCUT2D eigenvalue weighted by atomic mass is 10.2. The van der Waals surface area contributed by atoms with Gasteiger partial charge in [0.25, 0.3) is 0 Å². The molecule has 1 fully saturated rings. The maximum atomic E-state index is 11.3. The Morgan fingerprint density at radius 2 is 2.16 bits per heavy atom. The number of nitrogens with one attached hydrogen (secondary N) is 2. The zero-order valence-electron chi connectivity index (χ0n) is 12.0. The van der Waals surface area contributed by atoms with Gasteiger partial charge in [-0.1, -0.05) is 20.8 Å². The fourth-order valence-corrected chi connectivity index (χ4v) is 2.10. The van der Waals surface area contributed by atoms with Gasteiger partial charge in [-0.2, -0.15) is 0 Å². The van der Waals surface area contributed by atoms with Crippen LogP contribution in [0.15, 0.2) is 16.5 Å². The Morgan fingerprint density at radius 1 is 1.42 bits per heavy atom. The second-order valence-electron chi connectivity index (χ2n) is 5.75. The van der Waals surface area contributed by atoms with Crippen molar-refractivity contribution < 1.29 is 9.21 Å². The molecule has 0 bridgehead atoms. The normalized spacial score (nSPS) is 21.7. The van der Waals surface area contributed by atoms with Gasteiger partial charge in [-0.25, -0.2) is 0 Å². The van der Waals surface area contributed by atoms with Crippen molar-refractivity contribution in [2.24, 2.45) is 11.8 Å². The first kappa shape index (κ1) is 14.1. The number of hydrogen-bond acceptors (Lipinski definition) is 3. The summed E-state index contributed by atoms with van der Waals surface area (Å²) >= 11 is 0. The molecule has 1 aliphatic carbocycles. The summed E-state index contributed by atoms with van der Waals surface area (Å²) in [5, 5.41) is 6.15. The first-order valence-electron chi connectivity index (χ1n) is 7.15. The SMILES string of the molecule is CC(C)C(=O)NCCNCc1ccc(C2CC2C)o1. The predicted octanol–water partition coefficient (Wildman–Crippen LogP) is 2.26. The number of rotatable bonds is 7. The van der Waals surface area contributed by atoms with Crippen molar-refractivity contribution in [1.29, 1.82) is 0 Å². The second kappa shape index (κ2) is 6.24. The average Bonchev–Trinajstić information content (AvgIpc) is 2.91. The van der Waals surface area contributed by atoms with Crippen molar-refractivity contribution >= 4 is 5.91 Å². The molecule has 0 radical (unpaired) electrons. The van der Waals surface area contributed by atoms with Gasteiger partial charge in [-0.05, 0) is 24.5 Å². The van der Waals surface area contributed by atoms with Crippen LogP contribution in [0.1, 0.15) is 44.6 Å². The zero-order chi connectivity index (χ0) is 13.8. The van der Waals surface area contributed by atoms with Gasteiger partial charge in [0.15, 0.2) is 0 Å². The highest BCUT2D eigenvalue weighted by atomic mass is 16.3. The minimum atomic E-state index is 0.0492. The van der Waals surface area contributed by atoms with Crippen LogP contribution >= 0.6 is 0 Å². The number of hydrogen-bond donors (Lipinski definition) is 2. The molecule has 2 unspecified atom stereocenters. The second-order valence-corrected chi connectivity index (χ2v) is 5.75. The minimum Gasteiger partial charge on any atom is -0.464 e. The van der Waals surface area contributed by atoms with Gasteiger partial charge in [-0.3, -0.25) is 4.79 Å². The Kier molecular flexibility index (Phi) is 4.64. The quantitative estimate of drug-likeness (QED) is 0.743. The lowest BCUT2D eigenvalue weighted by Crippen LogP contribution is -2.34. The summed E-state index contributed by atoms with van der Waals surface area (Å²) in [6, 6.07) is 4.13. The molecule has 1 saturated carbocycles. The molecule has 0 spiro atoms. The van der Waals surface area contributed by atoms with Crippen LogP contribution in [-0.4, -0.2) is 19.0 Å². The van der Waals surface area contributed by atoms with Crippen LogP contribution in [0.25, 0.3) is 0 Å². The molecule has 1 aromatic heterocycles. The van der Waals surface area contributed by atoms with E-state index in [9.17, 15) is 4.79 Å². The molecule has 0 aliphatic heterocycles. The van der Waals surface area contributed by atoms with E-state index < -0.39 is 0 Å². The summed E-state index contributed by atoms with van der Waals surface area (Å²) in [6.45, 7) is 8.18. The smallest absolute Gasteiger partial charge is 0.222 e. The van der Waals surface area contributed by atoms with E-state index in [0.717, 1.165) is 30.5 Å². The van der Waals surface area contributed by atoms with E-state index >= 15 is 0 Å². The van der Waals surface area contributed by atoms with Crippen molar-refractivity contribution in [2.45, 2.75) is 39.7 Å². The van der Waals surface area contributed by atoms with Gasteiger partial charge in [0.05, 0.1) is 6.54 Å². The number of amides is 1.